The molecule has 0 radical (unpaired) electrons. The molecule has 0 saturated carbocycles. The number of carboxylic acid groups (broad SMARTS) is 2. The molecule has 1 N–H and O–H groups in total. The molecule has 0 atom stereocenters. The van der Waals surface area contributed by atoms with Crippen molar-refractivity contribution in [3.05, 3.63) is 60.4 Å². The summed E-state index contributed by atoms with van der Waals surface area (Å²) in [5.74, 6) is 1.41. The molecule has 3 aromatic rings. The van der Waals surface area contributed by atoms with Gasteiger partial charge in [0, 0.05) is 22.7 Å². The second-order valence-corrected chi connectivity index (χ2v) is 7.28. The van der Waals surface area contributed by atoms with Gasteiger partial charge in [-0.1, -0.05) is 12.0 Å². The molecule has 192 valence electrons. The number of nitrogens with zero attached hydrogens (tertiary/aromatic N) is 2. The number of fused-ring (bicyclic) bond motifs is 2. The molecule has 2 aromatic carbocycles. The molecular formula is C26H23N3O8-2. The summed E-state index contributed by atoms with van der Waals surface area (Å²) in [4.78, 5) is 27.6. The van der Waals surface area contributed by atoms with Gasteiger partial charge < -0.3 is 44.1 Å². The van der Waals surface area contributed by atoms with Crippen molar-refractivity contribution >= 4 is 34.3 Å². The number of benzene rings is 2. The number of hydrogen-bond acceptors (Lipinski definition) is 11. The minimum absolute atomic E-state index is 0.384. The molecular weight excluding hydrogens is 482 g/mol. The van der Waals surface area contributed by atoms with Gasteiger partial charge in [0.05, 0.1) is 43.9 Å². The lowest BCUT2D eigenvalue weighted by molar-refractivity contribution is -0.301. The Kier molecular flexibility index (Phi) is 10.2. The first-order valence-electron chi connectivity index (χ1n) is 11.1. The van der Waals surface area contributed by atoms with Crippen LogP contribution in [0.4, 0.5) is 11.5 Å². The number of carbonyl (C=O) groups is 2. The standard InChI is InChI=1S/C22H21N3O4.C4H4O4/c1-2-16-4-3-5-17(12-16)25-22-18-13-20-21(14-19(18)23-15-24-22)29-11-9-27-7-6-26-8-10-28-20;5-3(6)1-2-4(7)8/h1,3-5,12-15H,6-11H2,(H,23,24,25);1-2H,(H,5,6)(H,7,8)/p-2/b;2-1-. The van der Waals surface area contributed by atoms with Gasteiger partial charge in [0.2, 0.25) is 0 Å². The van der Waals surface area contributed by atoms with E-state index in [1.165, 1.54) is 6.33 Å². The van der Waals surface area contributed by atoms with Gasteiger partial charge in [-0.15, -0.1) is 6.42 Å². The Bertz CT molecular complexity index is 1290. The zero-order chi connectivity index (χ0) is 26.5. The van der Waals surface area contributed by atoms with Crippen LogP contribution in [0.3, 0.4) is 0 Å². The number of carboxylic acids is 2. The fourth-order valence-electron chi connectivity index (χ4n) is 3.09. The molecule has 2 heterocycles. The third-order valence-corrected chi connectivity index (χ3v) is 4.69. The van der Waals surface area contributed by atoms with Crippen LogP contribution in [0, 0.1) is 12.3 Å². The van der Waals surface area contributed by atoms with E-state index in [1.54, 1.807) is 0 Å². The van der Waals surface area contributed by atoms with E-state index in [4.69, 9.17) is 25.4 Å². The maximum absolute atomic E-state index is 9.41. The Morgan fingerprint density at radius 2 is 1.51 bits per heavy atom. The molecule has 0 unspecified atom stereocenters. The normalized spacial score (nSPS) is 13.8. The van der Waals surface area contributed by atoms with Crippen LogP contribution in [-0.2, 0) is 19.1 Å². The molecule has 0 fully saturated rings. The molecule has 1 aliphatic rings. The fourth-order valence-corrected chi connectivity index (χ4v) is 3.09. The summed E-state index contributed by atoms with van der Waals surface area (Å²) in [6, 6.07) is 11.3. The second-order valence-electron chi connectivity index (χ2n) is 7.28. The second kappa shape index (κ2) is 14.0. The van der Waals surface area contributed by atoms with Crippen LogP contribution in [0.1, 0.15) is 5.56 Å². The molecule has 1 aromatic heterocycles. The van der Waals surface area contributed by atoms with Crippen LogP contribution in [-0.4, -0.2) is 61.5 Å². The highest BCUT2D eigenvalue weighted by atomic mass is 16.6. The van der Waals surface area contributed by atoms with Gasteiger partial charge in [-0.2, -0.15) is 0 Å². The lowest BCUT2D eigenvalue weighted by Crippen LogP contribution is -2.23. The minimum atomic E-state index is -1.55. The zero-order valence-corrected chi connectivity index (χ0v) is 19.7. The summed E-state index contributed by atoms with van der Waals surface area (Å²) in [6.45, 7) is 2.84. The Morgan fingerprint density at radius 1 is 0.892 bits per heavy atom. The lowest BCUT2D eigenvalue weighted by atomic mass is 10.2. The summed E-state index contributed by atoms with van der Waals surface area (Å²) in [5, 5.41) is 22.9. The van der Waals surface area contributed by atoms with E-state index >= 15 is 0 Å². The number of ether oxygens (including phenoxy) is 4. The first-order chi connectivity index (χ1) is 18.0. The first-order valence-corrected chi connectivity index (χ1v) is 11.1. The van der Waals surface area contributed by atoms with Crippen molar-refractivity contribution in [3.63, 3.8) is 0 Å². The van der Waals surface area contributed by atoms with Crippen LogP contribution < -0.4 is 25.0 Å². The molecule has 0 aliphatic carbocycles. The maximum atomic E-state index is 9.41. The van der Waals surface area contributed by atoms with Gasteiger partial charge in [-0.25, -0.2) is 9.97 Å². The molecule has 0 amide bonds. The van der Waals surface area contributed by atoms with Crippen molar-refractivity contribution in [2.45, 2.75) is 0 Å². The van der Waals surface area contributed by atoms with Gasteiger partial charge in [0.25, 0.3) is 0 Å². The number of hydrogen-bond donors (Lipinski definition) is 1. The van der Waals surface area contributed by atoms with Gasteiger partial charge in [0.1, 0.15) is 25.4 Å². The van der Waals surface area contributed by atoms with Crippen molar-refractivity contribution in [2.75, 3.05) is 45.0 Å². The highest BCUT2D eigenvalue weighted by Crippen LogP contribution is 2.35. The third kappa shape index (κ3) is 8.81. The average Bonchev–Trinajstić information content (AvgIpc) is 2.88. The fraction of sp³-hybridized carbons (Fsp3) is 0.231. The molecule has 1 aliphatic heterocycles. The van der Waals surface area contributed by atoms with E-state index < -0.39 is 11.9 Å². The summed E-state index contributed by atoms with van der Waals surface area (Å²) in [5.41, 5.74) is 2.37. The van der Waals surface area contributed by atoms with E-state index in [9.17, 15) is 19.8 Å². The molecule has 37 heavy (non-hydrogen) atoms. The maximum Gasteiger partial charge on any atom is 0.163 e. The van der Waals surface area contributed by atoms with Crippen LogP contribution in [0.25, 0.3) is 10.9 Å². The quantitative estimate of drug-likeness (QED) is 0.382. The molecule has 0 spiro atoms. The summed E-state index contributed by atoms with van der Waals surface area (Å²) in [6.07, 6.45) is 7.78. The largest absolute Gasteiger partial charge is 0.545 e. The predicted octanol–water partition coefficient (Wildman–Crippen LogP) is 0.202. The Balaban J connectivity index is 0.000000414. The first kappa shape index (κ1) is 26.9. The van der Waals surface area contributed by atoms with Crippen molar-refractivity contribution in [1.82, 2.24) is 9.97 Å². The highest BCUT2D eigenvalue weighted by Gasteiger charge is 2.13. The van der Waals surface area contributed by atoms with Crippen LogP contribution in [0.5, 0.6) is 11.5 Å². The number of carbonyl (C=O) groups excluding carboxylic acids is 2. The monoisotopic (exact) mass is 505 g/mol. The molecule has 11 nitrogen and oxygen atoms in total. The third-order valence-electron chi connectivity index (χ3n) is 4.69. The van der Waals surface area contributed by atoms with Gasteiger partial charge in [-0.3, -0.25) is 0 Å². The number of aromatic nitrogens is 2. The topological polar surface area (TPSA) is 155 Å². The number of aliphatic carboxylic acids is 2. The van der Waals surface area contributed by atoms with Gasteiger partial charge >= 0.3 is 0 Å². The van der Waals surface area contributed by atoms with E-state index in [0.29, 0.717) is 69.1 Å². The summed E-state index contributed by atoms with van der Waals surface area (Å²) >= 11 is 0. The molecule has 0 saturated heterocycles. The van der Waals surface area contributed by atoms with Crippen molar-refractivity contribution in [2.24, 2.45) is 0 Å². The van der Waals surface area contributed by atoms with Crippen molar-refractivity contribution < 1.29 is 38.7 Å². The van der Waals surface area contributed by atoms with E-state index in [0.717, 1.165) is 22.2 Å². The molecule has 11 heteroatoms. The zero-order valence-electron chi connectivity index (χ0n) is 19.7. The Morgan fingerprint density at radius 3 is 2.14 bits per heavy atom. The number of anilines is 2. The van der Waals surface area contributed by atoms with Crippen LogP contribution in [0.15, 0.2) is 54.9 Å². The minimum Gasteiger partial charge on any atom is -0.545 e. The highest BCUT2D eigenvalue weighted by molar-refractivity contribution is 5.93. The van der Waals surface area contributed by atoms with Gasteiger partial charge in [0.15, 0.2) is 11.5 Å². The Labute approximate surface area is 212 Å². The van der Waals surface area contributed by atoms with E-state index in [-0.39, 0.29) is 0 Å². The SMILES string of the molecule is C#Cc1cccc(Nc2ncnc3cc4c(cc23)OCCOCCOCCO4)c1.O=C([O-])/C=C\C(=O)[O-]. The van der Waals surface area contributed by atoms with Crippen molar-refractivity contribution in [1.29, 1.82) is 0 Å². The van der Waals surface area contributed by atoms with E-state index in [1.807, 2.05) is 36.4 Å². The number of nitrogens with one attached hydrogen (secondary N) is 1. The number of terminal acetylenes is 1. The van der Waals surface area contributed by atoms with Crippen molar-refractivity contribution in [3.8, 4) is 23.8 Å². The smallest absolute Gasteiger partial charge is 0.163 e. The lowest BCUT2D eigenvalue weighted by Gasteiger charge is -2.16. The van der Waals surface area contributed by atoms with E-state index in [2.05, 4.69) is 21.2 Å². The van der Waals surface area contributed by atoms with Crippen LogP contribution in [0.2, 0.25) is 0 Å². The molecule has 0 bridgehead atoms. The van der Waals surface area contributed by atoms with Crippen LogP contribution >= 0.6 is 0 Å². The average molecular weight is 505 g/mol. The molecule has 4 rings (SSSR count). The van der Waals surface area contributed by atoms with Gasteiger partial charge in [-0.05, 0) is 36.4 Å². The summed E-state index contributed by atoms with van der Waals surface area (Å²) in [7, 11) is 0. The predicted molar refractivity (Wildman–Crippen MR) is 129 cm³/mol. The summed E-state index contributed by atoms with van der Waals surface area (Å²) < 4.78 is 22.7. The Hall–Kier alpha value is -4.66. The number of rotatable bonds is 4.